The Labute approximate surface area is 155 Å². The summed E-state index contributed by atoms with van der Waals surface area (Å²) in [4.78, 5) is 52.5. The van der Waals surface area contributed by atoms with Gasteiger partial charge < -0.3 is 10.2 Å². The van der Waals surface area contributed by atoms with Gasteiger partial charge in [0.1, 0.15) is 6.04 Å². The number of amides is 4. The van der Waals surface area contributed by atoms with Crippen molar-refractivity contribution in [2.24, 2.45) is 0 Å². The molecule has 0 aliphatic carbocycles. The molecule has 4 aliphatic heterocycles. The van der Waals surface area contributed by atoms with Crippen molar-refractivity contribution in [2.75, 3.05) is 18.0 Å². The molecule has 3 saturated heterocycles. The summed E-state index contributed by atoms with van der Waals surface area (Å²) >= 11 is 0. The number of benzene rings is 1. The second-order valence-electron chi connectivity index (χ2n) is 7.65. The monoisotopic (exact) mass is 368 g/mol. The van der Waals surface area contributed by atoms with Gasteiger partial charge in [0.25, 0.3) is 11.8 Å². The number of fused-ring (bicyclic) bond motifs is 3. The highest BCUT2D eigenvalue weighted by atomic mass is 16.2. The van der Waals surface area contributed by atoms with Crippen LogP contribution < -0.4 is 15.5 Å². The Hall–Kier alpha value is -2.74. The van der Waals surface area contributed by atoms with Crippen LogP contribution in [0.4, 0.5) is 5.69 Å². The fourth-order valence-electron chi connectivity index (χ4n) is 4.71. The van der Waals surface area contributed by atoms with E-state index in [1.165, 1.54) is 0 Å². The molecule has 1 aromatic rings. The summed E-state index contributed by atoms with van der Waals surface area (Å²) in [6.07, 6.45) is 2.44. The van der Waals surface area contributed by atoms with E-state index >= 15 is 0 Å². The Bertz CT molecular complexity index is 882. The van der Waals surface area contributed by atoms with Gasteiger partial charge in [-0.1, -0.05) is 0 Å². The average molecular weight is 368 g/mol. The molecule has 8 heteroatoms. The van der Waals surface area contributed by atoms with Gasteiger partial charge in [0, 0.05) is 37.3 Å². The number of imide groups is 2. The zero-order chi connectivity index (χ0) is 18.7. The third-order valence-electron chi connectivity index (χ3n) is 6.11. The van der Waals surface area contributed by atoms with Crippen LogP contribution >= 0.6 is 0 Å². The number of hydrogen-bond acceptors (Lipinski definition) is 6. The molecule has 3 fully saturated rings. The Morgan fingerprint density at radius 2 is 1.81 bits per heavy atom. The third-order valence-corrected chi connectivity index (χ3v) is 6.11. The predicted octanol–water partition coefficient (Wildman–Crippen LogP) is 0.0284. The first-order valence-electron chi connectivity index (χ1n) is 9.38. The van der Waals surface area contributed by atoms with E-state index in [4.69, 9.17) is 0 Å². The maximum absolute atomic E-state index is 12.9. The lowest BCUT2D eigenvalue weighted by molar-refractivity contribution is -0.136. The van der Waals surface area contributed by atoms with Crippen molar-refractivity contribution in [3.05, 3.63) is 29.3 Å². The molecule has 0 spiro atoms. The normalized spacial score (nSPS) is 30.0. The van der Waals surface area contributed by atoms with Crippen molar-refractivity contribution in [1.82, 2.24) is 15.5 Å². The molecular weight excluding hydrogens is 348 g/mol. The molecular formula is C19H20N4O4. The summed E-state index contributed by atoms with van der Waals surface area (Å²) in [5, 5.41) is 5.72. The number of piperidine rings is 2. The van der Waals surface area contributed by atoms with E-state index < -0.39 is 23.8 Å². The van der Waals surface area contributed by atoms with Gasteiger partial charge in [0.15, 0.2) is 0 Å². The standard InChI is InChI=1S/C19H20N4O4/c24-16-4-3-15(17(25)21-16)23-18(26)13-2-1-11(8-14(13)19(23)27)22-6-5-10-7-12(22)9-20-10/h1-2,8,10,12,15,20H,3-7,9H2,(H,21,24,25). The SMILES string of the molecule is O=C1CCC(N2C(=O)c3ccc(N4CCC5CC4CN5)cc3C2=O)C(=O)N1. The molecule has 0 aromatic heterocycles. The van der Waals surface area contributed by atoms with Gasteiger partial charge in [-0.3, -0.25) is 29.4 Å². The van der Waals surface area contributed by atoms with Crippen molar-refractivity contribution in [1.29, 1.82) is 0 Å². The van der Waals surface area contributed by atoms with Crippen LogP contribution in [0.15, 0.2) is 18.2 Å². The fourth-order valence-corrected chi connectivity index (χ4v) is 4.71. The van der Waals surface area contributed by atoms with Crippen molar-refractivity contribution >= 4 is 29.3 Å². The quantitative estimate of drug-likeness (QED) is 0.715. The van der Waals surface area contributed by atoms with Crippen LogP contribution in [0.3, 0.4) is 0 Å². The van der Waals surface area contributed by atoms with Gasteiger partial charge in [-0.15, -0.1) is 0 Å². The summed E-state index contributed by atoms with van der Waals surface area (Å²) < 4.78 is 0. The highest BCUT2D eigenvalue weighted by molar-refractivity contribution is 6.23. The number of nitrogens with zero attached hydrogens (tertiary/aromatic N) is 2. The van der Waals surface area contributed by atoms with E-state index in [1.54, 1.807) is 12.1 Å². The molecule has 5 rings (SSSR count). The number of carbonyl (C=O) groups is 4. The maximum atomic E-state index is 12.9. The molecule has 2 bridgehead atoms. The van der Waals surface area contributed by atoms with E-state index in [2.05, 4.69) is 15.5 Å². The zero-order valence-corrected chi connectivity index (χ0v) is 14.7. The highest BCUT2D eigenvalue weighted by Gasteiger charge is 2.45. The van der Waals surface area contributed by atoms with Crippen LogP contribution in [0, 0.1) is 0 Å². The van der Waals surface area contributed by atoms with Gasteiger partial charge in [-0.05, 0) is 37.5 Å². The number of anilines is 1. The van der Waals surface area contributed by atoms with Crippen LogP contribution in [0.25, 0.3) is 0 Å². The molecule has 4 amide bonds. The van der Waals surface area contributed by atoms with E-state index in [1.807, 2.05) is 6.07 Å². The summed E-state index contributed by atoms with van der Waals surface area (Å²) in [6.45, 7) is 1.84. The molecule has 0 radical (unpaired) electrons. The molecule has 27 heavy (non-hydrogen) atoms. The van der Waals surface area contributed by atoms with Crippen molar-refractivity contribution in [2.45, 2.75) is 43.8 Å². The lowest BCUT2D eigenvalue weighted by Crippen LogP contribution is -2.54. The average Bonchev–Trinajstić information content (AvgIpc) is 3.14. The molecule has 1 aromatic carbocycles. The number of carbonyl (C=O) groups excluding carboxylic acids is 4. The fraction of sp³-hybridized carbons (Fsp3) is 0.474. The minimum Gasteiger partial charge on any atom is -0.367 e. The minimum absolute atomic E-state index is 0.124. The third kappa shape index (κ3) is 2.47. The summed E-state index contributed by atoms with van der Waals surface area (Å²) in [6, 6.07) is 5.41. The Kier molecular flexibility index (Phi) is 3.58. The molecule has 0 saturated carbocycles. The number of nitrogens with one attached hydrogen (secondary N) is 2. The van der Waals surface area contributed by atoms with Gasteiger partial charge in [-0.2, -0.15) is 0 Å². The van der Waals surface area contributed by atoms with Crippen LogP contribution in [0.5, 0.6) is 0 Å². The minimum atomic E-state index is -0.923. The summed E-state index contributed by atoms with van der Waals surface area (Å²) in [5.74, 6) is -1.87. The molecule has 4 aliphatic rings. The van der Waals surface area contributed by atoms with Gasteiger partial charge in [-0.25, -0.2) is 0 Å². The summed E-state index contributed by atoms with van der Waals surface area (Å²) in [7, 11) is 0. The molecule has 3 atom stereocenters. The van der Waals surface area contributed by atoms with Crippen molar-refractivity contribution in [3.63, 3.8) is 0 Å². The van der Waals surface area contributed by atoms with Crippen LogP contribution in [-0.4, -0.2) is 59.7 Å². The Morgan fingerprint density at radius 3 is 2.63 bits per heavy atom. The van der Waals surface area contributed by atoms with Gasteiger partial charge in [0.05, 0.1) is 11.1 Å². The van der Waals surface area contributed by atoms with Crippen LogP contribution in [0.1, 0.15) is 46.4 Å². The van der Waals surface area contributed by atoms with Gasteiger partial charge in [0.2, 0.25) is 11.8 Å². The maximum Gasteiger partial charge on any atom is 0.262 e. The van der Waals surface area contributed by atoms with Crippen LogP contribution in [-0.2, 0) is 9.59 Å². The first-order chi connectivity index (χ1) is 13.0. The van der Waals surface area contributed by atoms with E-state index in [0.29, 0.717) is 23.2 Å². The molecule has 2 N–H and O–H groups in total. The number of rotatable bonds is 2. The Morgan fingerprint density at radius 1 is 1.00 bits per heavy atom. The second kappa shape index (κ2) is 5.88. The molecule has 4 heterocycles. The molecule has 140 valence electrons. The van der Waals surface area contributed by atoms with Crippen LogP contribution in [0.2, 0.25) is 0 Å². The lowest BCUT2D eigenvalue weighted by Gasteiger charge is -2.34. The molecule has 8 nitrogen and oxygen atoms in total. The van der Waals surface area contributed by atoms with Gasteiger partial charge >= 0.3 is 0 Å². The molecule has 3 unspecified atom stereocenters. The second-order valence-corrected chi connectivity index (χ2v) is 7.65. The van der Waals surface area contributed by atoms with E-state index in [-0.39, 0.29) is 18.7 Å². The Balaban J connectivity index is 1.45. The zero-order valence-electron chi connectivity index (χ0n) is 14.7. The largest absolute Gasteiger partial charge is 0.367 e. The topological polar surface area (TPSA) is 98.8 Å². The van der Waals surface area contributed by atoms with Crippen molar-refractivity contribution < 1.29 is 19.2 Å². The number of hydrogen-bond donors (Lipinski definition) is 2. The first kappa shape index (κ1) is 16.4. The predicted molar refractivity (Wildman–Crippen MR) is 95.3 cm³/mol. The first-order valence-corrected chi connectivity index (χ1v) is 9.38. The van der Waals surface area contributed by atoms with E-state index in [0.717, 1.165) is 36.5 Å². The summed E-state index contributed by atoms with van der Waals surface area (Å²) in [5.41, 5.74) is 1.61. The van der Waals surface area contributed by atoms with Crippen molar-refractivity contribution in [3.8, 4) is 0 Å². The highest BCUT2D eigenvalue weighted by Crippen LogP contribution is 2.33. The lowest BCUT2D eigenvalue weighted by atomic mass is 10.0. The van der Waals surface area contributed by atoms with E-state index in [9.17, 15) is 19.2 Å². The smallest absolute Gasteiger partial charge is 0.262 e.